The van der Waals surface area contributed by atoms with Crippen molar-refractivity contribution >= 4 is 22.7 Å². The molecule has 1 aromatic rings. The van der Waals surface area contributed by atoms with Crippen molar-refractivity contribution in [3.63, 3.8) is 0 Å². The lowest BCUT2D eigenvalue weighted by molar-refractivity contribution is -0.384. The number of nitrogens with one attached hydrogen (secondary N) is 2. The Morgan fingerprint density at radius 3 is 2.70 bits per heavy atom. The lowest BCUT2D eigenvalue weighted by Gasteiger charge is -2.43. The molecule has 43 heavy (non-hydrogen) atoms. The maximum absolute atomic E-state index is 11.4. The molecule has 6 atom stereocenters. The van der Waals surface area contributed by atoms with Gasteiger partial charge in [-0.15, -0.1) is 0 Å². The first-order valence-electron chi connectivity index (χ1n) is 17.2. The van der Waals surface area contributed by atoms with Crippen LogP contribution in [0.5, 0.6) is 0 Å². The quantitative estimate of drug-likeness (QED) is 0.0900. The van der Waals surface area contributed by atoms with Gasteiger partial charge in [-0.3, -0.25) is 10.1 Å². The summed E-state index contributed by atoms with van der Waals surface area (Å²) in [6.07, 6.45) is 21.3. The Kier molecular flexibility index (Phi) is 12.2. The zero-order valence-corrected chi connectivity index (χ0v) is 27.5. The van der Waals surface area contributed by atoms with Crippen LogP contribution in [0.15, 0.2) is 23.8 Å². The molecule has 8 nitrogen and oxygen atoms in total. The van der Waals surface area contributed by atoms with Crippen molar-refractivity contribution in [2.24, 2.45) is 29.1 Å². The molecular formula is C35H58N4O4. The van der Waals surface area contributed by atoms with Crippen molar-refractivity contribution < 1.29 is 15.0 Å². The second kappa shape index (κ2) is 15.6. The Morgan fingerprint density at radius 2 is 1.95 bits per heavy atom. The zero-order valence-electron chi connectivity index (χ0n) is 27.5. The Morgan fingerprint density at radius 1 is 1.16 bits per heavy atom. The first-order valence-corrected chi connectivity index (χ1v) is 17.2. The molecule has 2 aliphatic carbocycles. The average Bonchev–Trinajstić information content (AvgIpc) is 3.44. The van der Waals surface area contributed by atoms with Crippen LogP contribution in [-0.2, 0) is 4.94 Å². The molecule has 0 amide bonds. The first-order chi connectivity index (χ1) is 20.7. The van der Waals surface area contributed by atoms with E-state index in [-0.39, 0.29) is 12.3 Å². The zero-order chi connectivity index (χ0) is 31.0. The molecule has 1 aliphatic heterocycles. The highest BCUT2D eigenvalue weighted by Crippen LogP contribution is 2.52. The molecule has 1 fully saturated rings. The van der Waals surface area contributed by atoms with Crippen molar-refractivity contribution in [1.82, 2.24) is 0 Å². The summed E-state index contributed by atoms with van der Waals surface area (Å²) in [5, 5.41) is 21.0. The third-order valence-electron chi connectivity index (χ3n) is 11.3. The second-order valence-electron chi connectivity index (χ2n) is 14.3. The number of rotatable bonds is 13. The molecule has 0 bridgehead atoms. The van der Waals surface area contributed by atoms with Gasteiger partial charge in [0.05, 0.1) is 10.6 Å². The van der Waals surface area contributed by atoms with Gasteiger partial charge in [0.2, 0.25) is 0 Å². The van der Waals surface area contributed by atoms with Crippen LogP contribution in [0.25, 0.3) is 0 Å². The van der Waals surface area contributed by atoms with E-state index < -0.39 is 4.92 Å². The van der Waals surface area contributed by atoms with Gasteiger partial charge in [0.15, 0.2) is 5.69 Å². The van der Waals surface area contributed by atoms with Crippen LogP contribution in [0.4, 0.5) is 22.7 Å². The highest BCUT2D eigenvalue weighted by Gasteiger charge is 2.42. The Bertz CT molecular complexity index is 1090. The van der Waals surface area contributed by atoms with E-state index in [0.717, 1.165) is 42.2 Å². The number of anilines is 3. The summed E-state index contributed by atoms with van der Waals surface area (Å²) >= 11 is 0. The fourth-order valence-electron chi connectivity index (χ4n) is 8.69. The number of hydrogen-bond acceptors (Lipinski definition) is 7. The summed E-state index contributed by atoms with van der Waals surface area (Å²) in [6, 6.07) is 3.67. The third-order valence-corrected chi connectivity index (χ3v) is 11.3. The van der Waals surface area contributed by atoms with E-state index in [1.807, 2.05) is 6.07 Å². The maximum Gasteiger partial charge on any atom is 0.297 e. The SMILES string of the molecule is CCC[C@@]1(C)CC(CCO)=CC[C@H]2[C@@H](C)CC[C@H](CCCCCC(C)N(C)c3ccc([N+](=O)[O-])c4c3NON4)CCC[C@@H]21. The minimum atomic E-state index is -0.391. The van der Waals surface area contributed by atoms with Gasteiger partial charge in [0.1, 0.15) is 5.69 Å². The highest BCUT2D eigenvalue weighted by molar-refractivity contribution is 5.89. The molecule has 3 aliphatic rings. The molecule has 1 heterocycles. The minimum Gasteiger partial charge on any atom is -0.396 e. The second-order valence-corrected chi connectivity index (χ2v) is 14.3. The lowest BCUT2D eigenvalue weighted by atomic mass is 9.62. The summed E-state index contributed by atoms with van der Waals surface area (Å²) in [6.45, 7) is 9.96. The predicted molar refractivity (Wildman–Crippen MR) is 177 cm³/mol. The molecule has 1 unspecified atom stereocenters. The van der Waals surface area contributed by atoms with Crippen LogP contribution < -0.4 is 15.9 Å². The number of aliphatic hydroxyl groups is 1. The van der Waals surface area contributed by atoms with Crippen LogP contribution in [0.2, 0.25) is 0 Å². The Labute approximate surface area is 260 Å². The molecular weight excluding hydrogens is 540 g/mol. The van der Waals surface area contributed by atoms with E-state index in [1.54, 1.807) is 6.07 Å². The van der Waals surface area contributed by atoms with Crippen molar-refractivity contribution in [2.75, 3.05) is 29.5 Å². The number of fused-ring (bicyclic) bond motifs is 2. The van der Waals surface area contributed by atoms with E-state index in [1.165, 1.54) is 89.0 Å². The van der Waals surface area contributed by atoms with Crippen molar-refractivity contribution in [3.05, 3.63) is 33.9 Å². The Hall–Kier alpha value is -2.32. The summed E-state index contributed by atoms with van der Waals surface area (Å²) in [5.74, 6) is 3.18. The van der Waals surface area contributed by atoms with Gasteiger partial charge in [-0.1, -0.05) is 90.2 Å². The fourth-order valence-corrected chi connectivity index (χ4v) is 8.69. The maximum atomic E-state index is 11.4. The molecule has 3 N–H and O–H groups in total. The molecule has 8 heteroatoms. The number of benzene rings is 1. The van der Waals surface area contributed by atoms with Gasteiger partial charge < -0.3 is 10.0 Å². The van der Waals surface area contributed by atoms with Gasteiger partial charge in [-0.2, -0.15) is 4.94 Å². The summed E-state index contributed by atoms with van der Waals surface area (Å²) in [4.78, 5) is 18.3. The smallest absolute Gasteiger partial charge is 0.297 e. The highest BCUT2D eigenvalue weighted by atomic mass is 16.8. The molecule has 0 saturated heterocycles. The van der Waals surface area contributed by atoms with Crippen molar-refractivity contribution in [2.45, 2.75) is 130 Å². The van der Waals surface area contributed by atoms with Crippen LogP contribution in [0, 0.1) is 39.2 Å². The fraction of sp³-hybridized carbons (Fsp3) is 0.771. The van der Waals surface area contributed by atoms with E-state index >= 15 is 0 Å². The number of nitro groups is 1. The van der Waals surface area contributed by atoms with E-state index in [0.29, 0.717) is 22.8 Å². The number of hydrogen-bond donors (Lipinski definition) is 3. The van der Waals surface area contributed by atoms with Gasteiger partial charge in [-0.25, -0.2) is 11.0 Å². The summed E-state index contributed by atoms with van der Waals surface area (Å²) in [7, 11) is 2.05. The average molecular weight is 599 g/mol. The predicted octanol–water partition coefficient (Wildman–Crippen LogP) is 9.41. The van der Waals surface area contributed by atoms with E-state index in [9.17, 15) is 15.2 Å². The number of nitrogens with zero attached hydrogens (tertiary/aromatic N) is 2. The molecule has 0 radical (unpaired) electrons. The minimum absolute atomic E-state index is 0.0115. The van der Waals surface area contributed by atoms with E-state index in [4.69, 9.17) is 4.94 Å². The lowest BCUT2D eigenvalue weighted by Crippen LogP contribution is -2.35. The largest absolute Gasteiger partial charge is 0.396 e. The normalized spacial score (nSPS) is 28.1. The topological polar surface area (TPSA) is 99.9 Å². The van der Waals surface area contributed by atoms with Crippen molar-refractivity contribution in [3.8, 4) is 0 Å². The standard InChI is InChI=1S/C35H58N4O4/c1-6-22-35(4)24-28(21-23-40)17-18-29-25(2)15-16-27(13-10-14-30(29)35)12-9-7-8-11-26(3)38(5)31-19-20-32(39(41)42)34-33(31)36-43-37-34/h17,19-20,25-27,29-30,36-37,40H,6-16,18,21-24H2,1-5H3/t25-,26?,27+,29-,30-,35-/m0/s1. The third kappa shape index (κ3) is 8.24. The monoisotopic (exact) mass is 598 g/mol. The van der Waals surface area contributed by atoms with Gasteiger partial charge in [0, 0.05) is 25.8 Å². The van der Waals surface area contributed by atoms with Crippen LogP contribution in [-0.4, -0.2) is 29.7 Å². The number of nitro benzene ring substituents is 1. The first kappa shape index (κ1) is 33.6. The van der Waals surface area contributed by atoms with Gasteiger partial charge in [-0.05, 0) is 80.6 Å². The molecule has 4 rings (SSSR count). The molecule has 0 aromatic heterocycles. The van der Waals surface area contributed by atoms with Crippen LogP contribution >= 0.6 is 0 Å². The molecule has 242 valence electrons. The van der Waals surface area contributed by atoms with Gasteiger partial charge in [0.25, 0.3) is 5.69 Å². The molecule has 1 aromatic carbocycles. The van der Waals surface area contributed by atoms with Crippen LogP contribution in [0.1, 0.15) is 124 Å². The molecule has 0 spiro atoms. The van der Waals surface area contributed by atoms with Crippen LogP contribution in [0.3, 0.4) is 0 Å². The summed E-state index contributed by atoms with van der Waals surface area (Å²) < 4.78 is 0. The van der Waals surface area contributed by atoms with E-state index in [2.05, 4.69) is 56.7 Å². The molecule has 1 saturated carbocycles. The van der Waals surface area contributed by atoms with Gasteiger partial charge >= 0.3 is 0 Å². The number of allylic oxidation sites excluding steroid dienone is 1. The Balaban J connectivity index is 1.26. The van der Waals surface area contributed by atoms with Crippen molar-refractivity contribution in [1.29, 1.82) is 0 Å². The summed E-state index contributed by atoms with van der Waals surface area (Å²) in [5.41, 5.74) is 9.24. The number of aliphatic hydroxyl groups excluding tert-OH is 1. The number of unbranched alkanes of at least 4 members (excludes halogenated alkanes) is 2.